The van der Waals surface area contributed by atoms with Gasteiger partial charge in [-0.05, 0) is 100 Å². The van der Waals surface area contributed by atoms with E-state index in [9.17, 15) is 5.11 Å². The highest BCUT2D eigenvalue weighted by Crippen LogP contribution is 2.57. The fourth-order valence-electron chi connectivity index (χ4n) is 6.09. The van der Waals surface area contributed by atoms with Gasteiger partial charge in [0.25, 0.3) is 0 Å². The highest BCUT2D eigenvalue weighted by Gasteiger charge is 2.48. The van der Waals surface area contributed by atoms with Gasteiger partial charge >= 0.3 is 0 Å². The summed E-state index contributed by atoms with van der Waals surface area (Å²) in [7, 11) is 0. The summed E-state index contributed by atoms with van der Waals surface area (Å²) in [6, 6.07) is 0. The fourth-order valence-corrected chi connectivity index (χ4v) is 6.09. The number of rotatable bonds is 3. The van der Waals surface area contributed by atoms with Crippen molar-refractivity contribution in [2.75, 3.05) is 13.1 Å². The Kier molecular flexibility index (Phi) is 3.15. The first-order chi connectivity index (χ1) is 9.22. The van der Waals surface area contributed by atoms with Crippen molar-refractivity contribution < 1.29 is 5.11 Å². The van der Waals surface area contributed by atoms with Gasteiger partial charge in [-0.2, -0.15) is 0 Å². The van der Waals surface area contributed by atoms with Crippen LogP contribution in [0.1, 0.15) is 57.8 Å². The second kappa shape index (κ2) is 4.73. The van der Waals surface area contributed by atoms with Crippen LogP contribution in [0.15, 0.2) is 0 Å². The minimum atomic E-state index is -0.333. The smallest absolute Gasteiger partial charge is 0.0672 e. The number of nitrogens with one attached hydrogen (secondary N) is 1. The van der Waals surface area contributed by atoms with Crippen molar-refractivity contribution in [2.45, 2.75) is 63.4 Å². The summed E-state index contributed by atoms with van der Waals surface area (Å²) in [4.78, 5) is 0. The first-order valence-corrected chi connectivity index (χ1v) is 8.65. The maximum Gasteiger partial charge on any atom is 0.0672 e. The van der Waals surface area contributed by atoms with Gasteiger partial charge in [0, 0.05) is 0 Å². The number of hydrogen-bond acceptors (Lipinski definition) is 2. The molecule has 5 aliphatic rings. The van der Waals surface area contributed by atoms with E-state index in [2.05, 4.69) is 5.32 Å². The van der Waals surface area contributed by atoms with Crippen LogP contribution < -0.4 is 5.32 Å². The quantitative estimate of drug-likeness (QED) is 0.820. The van der Waals surface area contributed by atoms with Gasteiger partial charge in [0.1, 0.15) is 0 Å². The van der Waals surface area contributed by atoms with E-state index in [4.69, 9.17) is 0 Å². The van der Waals surface area contributed by atoms with Crippen LogP contribution in [0.5, 0.6) is 0 Å². The van der Waals surface area contributed by atoms with E-state index < -0.39 is 0 Å². The van der Waals surface area contributed by atoms with Crippen LogP contribution in [0, 0.1) is 29.6 Å². The SMILES string of the molecule is OC1(CCC2C3CC4CC(C3)CC2C4)CCNCC1. The first-order valence-electron chi connectivity index (χ1n) is 8.65. The van der Waals surface area contributed by atoms with Gasteiger partial charge < -0.3 is 10.4 Å². The summed E-state index contributed by atoms with van der Waals surface area (Å²) in [6.07, 6.45) is 12.0. The molecular formula is C17H29NO. The summed E-state index contributed by atoms with van der Waals surface area (Å²) < 4.78 is 0. The molecule has 5 fully saturated rings. The van der Waals surface area contributed by atoms with Gasteiger partial charge in [-0.3, -0.25) is 0 Å². The lowest BCUT2D eigenvalue weighted by molar-refractivity contribution is -0.0586. The molecule has 0 aromatic carbocycles. The molecule has 108 valence electrons. The molecule has 0 unspecified atom stereocenters. The molecule has 0 aromatic heterocycles. The highest BCUT2D eigenvalue weighted by atomic mass is 16.3. The Morgan fingerprint density at radius 1 is 0.895 bits per heavy atom. The Morgan fingerprint density at radius 2 is 1.47 bits per heavy atom. The summed E-state index contributed by atoms with van der Waals surface area (Å²) >= 11 is 0. The lowest BCUT2D eigenvalue weighted by atomic mass is 9.51. The maximum absolute atomic E-state index is 10.7. The van der Waals surface area contributed by atoms with E-state index in [-0.39, 0.29) is 5.60 Å². The van der Waals surface area contributed by atoms with Crippen LogP contribution in [-0.4, -0.2) is 23.8 Å². The third kappa shape index (κ3) is 2.35. The van der Waals surface area contributed by atoms with E-state index in [0.717, 1.165) is 61.9 Å². The van der Waals surface area contributed by atoms with Crippen molar-refractivity contribution in [3.8, 4) is 0 Å². The third-order valence-electron chi connectivity index (χ3n) is 6.90. The van der Waals surface area contributed by atoms with E-state index >= 15 is 0 Å². The zero-order chi connectivity index (χ0) is 12.9. The van der Waals surface area contributed by atoms with Crippen molar-refractivity contribution in [3.05, 3.63) is 0 Å². The summed E-state index contributed by atoms with van der Waals surface area (Å²) in [5.41, 5.74) is -0.333. The zero-order valence-electron chi connectivity index (χ0n) is 12.1. The Morgan fingerprint density at radius 3 is 2.05 bits per heavy atom. The Balaban J connectivity index is 1.38. The van der Waals surface area contributed by atoms with Crippen LogP contribution in [0.25, 0.3) is 0 Å². The molecule has 2 N–H and O–H groups in total. The van der Waals surface area contributed by atoms with E-state index in [0.29, 0.717) is 0 Å². The first kappa shape index (κ1) is 12.6. The van der Waals surface area contributed by atoms with Crippen molar-refractivity contribution in [2.24, 2.45) is 29.6 Å². The molecule has 0 radical (unpaired) electrons. The summed E-state index contributed by atoms with van der Waals surface area (Å²) in [6.45, 7) is 2.02. The average molecular weight is 263 g/mol. The molecule has 4 saturated carbocycles. The molecule has 1 heterocycles. The van der Waals surface area contributed by atoms with Gasteiger partial charge in [-0.25, -0.2) is 0 Å². The normalized spacial score (nSPS) is 47.5. The predicted octanol–water partition coefficient (Wildman–Crippen LogP) is 2.95. The van der Waals surface area contributed by atoms with E-state index in [1.54, 1.807) is 6.42 Å². The molecule has 4 bridgehead atoms. The molecule has 4 aliphatic carbocycles. The van der Waals surface area contributed by atoms with Crippen molar-refractivity contribution in [3.63, 3.8) is 0 Å². The number of hydrogen-bond donors (Lipinski definition) is 2. The highest BCUT2D eigenvalue weighted by molar-refractivity contribution is 4.98. The Bertz CT molecular complexity index is 306. The van der Waals surface area contributed by atoms with Crippen LogP contribution in [-0.2, 0) is 0 Å². The molecule has 0 spiro atoms. The van der Waals surface area contributed by atoms with Gasteiger partial charge in [0.15, 0.2) is 0 Å². The standard InChI is InChI=1S/C17H29NO/c19-17(3-5-18-6-4-17)2-1-16-14-8-12-7-13(10-14)11-15(16)9-12/h12-16,18-19H,1-11H2. The van der Waals surface area contributed by atoms with E-state index in [1.807, 2.05) is 0 Å². The lowest BCUT2D eigenvalue weighted by Gasteiger charge is -2.55. The van der Waals surface area contributed by atoms with Crippen molar-refractivity contribution in [1.29, 1.82) is 0 Å². The molecule has 0 amide bonds. The zero-order valence-corrected chi connectivity index (χ0v) is 12.1. The monoisotopic (exact) mass is 263 g/mol. The molecule has 1 saturated heterocycles. The lowest BCUT2D eigenvalue weighted by Crippen LogP contribution is -2.47. The van der Waals surface area contributed by atoms with Crippen LogP contribution >= 0.6 is 0 Å². The number of aliphatic hydroxyl groups is 1. The van der Waals surface area contributed by atoms with Crippen LogP contribution in [0.4, 0.5) is 0 Å². The third-order valence-corrected chi connectivity index (χ3v) is 6.90. The summed E-state index contributed by atoms with van der Waals surface area (Å²) in [5, 5.41) is 14.1. The topological polar surface area (TPSA) is 32.3 Å². The number of piperidine rings is 1. The molecule has 2 heteroatoms. The Hall–Kier alpha value is -0.0800. The largest absolute Gasteiger partial charge is 0.390 e. The minimum absolute atomic E-state index is 0.333. The van der Waals surface area contributed by atoms with Gasteiger partial charge in [-0.15, -0.1) is 0 Å². The van der Waals surface area contributed by atoms with Gasteiger partial charge in [0.2, 0.25) is 0 Å². The second-order valence-electron chi connectivity index (χ2n) is 8.11. The maximum atomic E-state index is 10.7. The Labute approximate surface area is 117 Å². The molecule has 2 nitrogen and oxygen atoms in total. The molecule has 19 heavy (non-hydrogen) atoms. The molecular weight excluding hydrogens is 234 g/mol. The van der Waals surface area contributed by atoms with Gasteiger partial charge in [-0.1, -0.05) is 0 Å². The molecule has 0 aromatic rings. The average Bonchev–Trinajstić information content (AvgIpc) is 2.38. The van der Waals surface area contributed by atoms with Crippen LogP contribution in [0.2, 0.25) is 0 Å². The van der Waals surface area contributed by atoms with Crippen LogP contribution in [0.3, 0.4) is 0 Å². The van der Waals surface area contributed by atoms with Crippen molar-refractivity contribution in [1.82, 2.24) is 5.32 Å². The molecule has 5 rings (SSSR count). The minimum Gasteiger partial charge on any atom is -0.390 e. The predicted molar refractivity (Wildman–Crippen MR) is 76.8 cm³/mol. The summed E-state index contributed by atoms with van der Waals surface area (Å²) in [5.74, 6) is 5.19. The molecule has 0 atom stereocenters. The fraction of sp³-hybridized carbons (Fsp3) is 1.00. The van der Waals surface area contributed by atoms with Gasteiger partial charge in [0.05, 0.1) is 5.60 Å². The molecule has 1 aliphatic heterocycles. The second-order valence-corrected chi connectivity index (χ2v) is 8.11. The van der Waals surface area contributed by atoms with E-state index in [1.165, 1.54) is 32.1 Å². The van der Waals surface area contributed by atoms with Crippen molar-refractivity contribution >= 4 is 0 Å².